The standard InChI is InChI=1S/C9H9Cl2N5O2/c1-9(2)7(18)12-4(17)3-16(9)6-5(10)14-15-8(11)13-6/h3H2,1-2H3,(H,12,17,18). The summed E-state index contributed by atoms with van der Waals surface area (Å²) in [6, 6.07) is 0. The lowest BCUT2D eigenvalue weighted by Crippen LogP contribution is -2.64. The van der Waals surface area contributed by atoms with Crippen molar-refractivity contribution in [3.8, 4) is 0 Å². The van der Waals surface area contributed by atoms with Gasteiger partial charge < -0.3 is 4.90 Å². The number of aromatic nitrogens is 3. The number of nitrogens with one attached hydrogen (secondary N) is 1. The molecule has 0 radical (unpaired) electrons. The molecule has 18 heavy (non-hydrogen) atoms. The number of imide groups is 1. The Kier molecular flexibility index (Phi) is 3.12. The number of carbonyl (C=O) groups excluding carboxylic acids is 2. The van der Waals surface area contributed by atoms with Crippen LogP contribution < -0.4 is 10.2 Å². The Bertz CT molecular complexity index is 534. The first-order valence-electron chi connectivity index (χ1n) is 5.00. The Morgan fingerprint density at radius 3 is 2.61 bits per heavy atom. The monoisotopic (exact) mass is 289 g/mol. The van der Waals surface area contributed by atoms with Gasteiger partial charge in [0, 0.05) is 0 Å². The van der Waals surface area contributed by atoms with Crippen molar-refractivity contribution in [3.05, 3.63) is 10.4 Å². The predicted octanol–water partition coefficient (Wildman–Crippen LogP) is 0.420. The molecule has 9 heteroatoms. The Balaban J connectivity index is 2.50. The van der Waals surface area contributed by atoms with E-state index in [0.29, 0.717) is 0 Å². The van der Waals surface area contributed by atoms with Gasteiger partial charge >= 0.3 is 0 Å². The highest BCUT2D eigenvalue weighted by atomic mass is 35.5. The molecule has 1 aromatic heterocycles. The van der Waals surface area contributed by atoms with Crippen LogP contribution >= 0.6 is 23.2 Å². The third kappa shape index (κ3) is 2.11. The quantitative estimate of drug-likeness (QED) is 0.754. The summed E-state index contributed by atoms with van der Waals surface area (Å²) in [6.45, 7) is 3.22. The fraction of sp³-hybridized carbons (Fsp3) is 0.444. The number of rotatable bonds is 1. The fourth-order valence-electron chi connectivity index (χ4n) is 1.58. The van der Waals surface area contributed by atoms with Crippen molar-refractivity contribution in [2.45, 2.75) is 19.4 Å². The van der Waals surface area contributed by atoms with Crippen LogP contribution in [0.4, 0.5) is 5.82 Å². The second kappa shape index (κ2) is 4.33. The summed E-state index contributed by atoms with van der Waals surface area (Å²) in [6.07, 6.45) is 0. The first-order chi connectivity index (χ1) is 8.32. The molecule has 0 aromatic carbocycles. The molecular weight excluding hydrogens is 281 g/mol. The molecule has 0 unspecified atom stereocenters. The maximum absolute atomic E-state index is 11.8. The van der Waals surface area contributed by atoms with Crippen molar-refractivity contribution in [1.29, 1.82) is 0 Å². The van der Waals surface area contributed by atoms with Gasteiger partial charge in [0.1, 0.15) is 5.54 Å². The van der Waals surface area contributed by atoms with Crippen molar-refractivity contribution in [2.75, 3.05) is 11.4 Å². The van der Waals surface area contributed by atoms with Gasteiger partial charge in [-0.15, -0.1) is 10.2 Å². The lowest BCUT2D eigenvalue weighted by Gasteiger charge is -2.40. The molecule has 2 amide bonds. The molecular formula is C9H9Cl2N5O2. The number of amides is 2. The number of carbonyl (C=O) groups is 2. The molecule has 1 saturated heterocycles. The van der Waals surface area contributed by atoms with Gasteiger partial charge in [0.05, 0.1) is 6.54 Å². The molecule has 0 aliphatic carbocycles. The zero-order valence-corrected chi connectivity index (χ0v) is 11.1. The van der Waals surface area contributed by atoms with Crippen LogP contribution in [0.5, 0.6) is 0 Å². The maximum atomic E-state index is 11.8. The van der Waals surface area contributed by atoms with E-state index in [0.717, 1.165) is 0 Å². The van der Waals surface area contributed by atoms with Gasteiger partial charge in [-0.1, -0.05) is 11.6 Å². The van der Waals surface area contributed by atoms with Crippen molar-refractivity contribution >= 4 is 40.8 Å². The number of anilines is 1. The van der Waals surface area contributed by atoms with Crippen LogP contribution in [0.2, 0.25) is 10.4 Å². The van der Waals surface area contributed by atoms with E-state index in [1.165, 1.54) is 4.90 Å². The van der Waals surface area contributed by atoms with E-state index in [1.807, 2.05) is 0 Å². The Morgan fingerprint density at radius 1 is 1.28 bits per heavy atom. The Morgan fingerprint density at radius 2 is 1.94 bits per heavy atom. The molecule has 0 spiro atoms. The SMILES string of the molecule is CC1(C)C(=O)NC(=O)CN1c1nc(Cl)nnc1Cl. The van der Waals surface area contributed by atoms with Crippen molar-refractivity contribution in [1.82, 2.24) is 20.5 Å². The fourth-order valence-corrected chi connectivity index (χ4v) is 1.88. The second-order valence-electron chi connectivity index (χ2n) is 4.22. The third-order valence-corrected chi connectivity index (χ3v) is 3.05. The molecule has 96 valence electrons. The molecule has 1 aliphatic rings. The van der Waals surface area contributed by atoms with Gasteiger partial charge in [-0.3, -0.25) is 14.9 Å². The van der Waals surface area contributed by atoms with Crippen LogP contribution in [0.15, 0.2) is 0 Å². The summed E-state index contributed by atoms with van der Waals surface area (Å²) in [5, 5.41) is 9.20. The van der Waals surface area contributed by atoms with Gasteiger partial charge in [-0.05, 0) is 25.4 Å². The average Bonchev–Trinajstić information content (AvgIpc) is 2.27. The highest BCUT2D eigenvalue weighted by Crippen LogP contribution is 2.29. The van der Waals surface area contributed by atoms with Crippen LogP contribution in [0.25, 0.3) is 0 Å². The van der Waals surface area contributed by atoms with E-state index in [-0.39, 0.29) is 22.8 Å². The van der Waals surface area contributed by atoms with Crippen LogP contribution in [0, 0.1) is 0 Å². The van der Waals surface area contributed by atoms with Crippen molar-refractivity contribution < 1.29 is 9.59 Å². The van der Waals surface area contributed by atoms with E-state index >= 15 is 0 Å². The van der Waals surface area contributed by atoms with E-state index in [4.69, 9.17) is 23.2 Å². The first-order valence-corrected chi connectivity index (χ1v) is 5.75. The first kappa shape index (κ1) is 13.0. The van der Waals surface area contributed by atoms with Gasteiger partial charge in [-0.25, -0.2) is 0 Å². The zero-order valence-electron chi connectivity index (χ0n) is 9.57. The molecule has 1 N–H and O–H groups in total. The Hall–Kier alpha value is -1.47. The van der Waals surface area contributed by atoms with Gasteiger partial charge in [-0.2, -0.15) is 4.98 Å². The molecule has 7 nitrogen and oxygen atoms in total. The molecule has 2 heterocycles. The number of halogens is 2. The molecule has 1 aliphatic heterocycles. The highest BCUT2D eigenvalue weighted by Gasteiger charge is 2.42. The smallest absolute Gasteiger partial charge is 0.251 e. The summed E-state index contributed by atoms with van der Waals surface area (Å²) in [5.41, 5.74) is -0.989. The number of piperazine rings is 1. The maximum Gasteiger partial charge on any atom is 0.251 e. The summed E-state index contributed by atoms with van der Waals surface area (Å²) >= 11 is 11.5. The van der Waals surface area contributed by atoms with Crippen LogP contribution in [0.1, 0.15) is 13.8 Å². The molecule has 1 aromatic rings. The molecule has 0 saturated carbocycles. The predicted molar refractivity (Wildman–Crippen MR) is 64.4 cm³/mol. The Labute approximate surface area is 112 Å². The summed E-state index contributed by atoms with van der Waals surface area (Å²) in [4.78, 5) is 28.6. The summed E-state index contributed by atoms with van der Waals surface area (Å²) < 4.78 is 0. The van der Waals surface area contributed by atoms with Crippen LogP contribution in [-0.4, -0.2) is 39.1 Å². The van der Waals surface area contributed by atoms with E-state index in [1.54, 1.807) is 13.8 Å². The molecule has 1 fully saturated rings. The van der Waals surface area contributed by atoms with E-state index < -0.39 is 17.4 Å². The van der Waals surface area contributed by atoms with Gasteiger partial charge in [0.25, 0.3) is 5.91 Å². The summed E-state index contributed by atoms with van der Waals surface area (Å²) in [5.74, 6) is -0.723. The number of hydrogen-bond acceptors (Lipinski definition) is 6. The minimum atomic E-state index is -0.989. The molecule has 0 atom stereocenters. The lowest BCUT2D eigenvalue weighted by molar-refractivity contribution is -0.135. The van der Waals surface area contributed by atoms with Crippen LogP contribution in [0.3, 0.4) is 0 Å². The summed E-state index contributed by atoms with van der Waals surface area (Å²) in [7, 11) is 0. The van der Waals surface area contributed by atoms with Crippen LogP contribution in [-0.2, 0) is 9.59 Å². The highest BCUT2D eigenvalue weighted by molar-refractivity contribution is 6.32. The van der Waals surface area contributed by atoms with E-state index in [2.05, 4.69) is 20.5 Å². The van der Waals surface area contributed by atoms with Gasteiger partial charge in [0.2, 0.25) is 11.2 Å². The van der Waals surface area contributed by atoms with Crippen molar-refractivity contribution in [2.24, 2.45) is 0 Å². The minimum Gasteiger partial charge on any atom is -0.330 e. The molecule has 2 rings (SSSR count). The topological polar surface area (TPSA) is 88.1 Å². The third-order valence-electron chi connectivity index (χ3n) is 2.64. The minimum absolute atomic E-state index is 0.0185. The molecule has 0 bridgehead atoms. The van der Waals surface area contributed by atoms with Crippen molar-refractivity contribution in [3.63, 3.8) is 0 Å². The zero-order chi connectivity index (χ0) is 13.5. The lowest BCUT2D eigenvalue weighted by atomic mass is 9.99. The normalized spacial score (nSPS) is 18.8. The largest absolute Gasteiger partial charge is 0.330 e. The second-order valence-corrected chi connectivity index (χ2v) is 4.91. The average molecular weight is 290 g/mol. The number of hydrogen-bond donors (Lipinski definition) is 1. The van der Waals surface area contributed by atoms with Gasteiger partial charge in [0.15, 0.2) is 11.0 Å². The number of nitrogens with zero attached hydrogens (tertiary/aromatic N) is 4. The van der Waals surface area contributed by atoms with E-state index in [9.17, 15) is 9.59 Å².